The summed E-state index contributed by atoms with van der Waals surface area (Å²) in [6.45, 7) is 8.26. The van der Waals surface area contributed by atoms with Crippen molar-refractivity contribution in [3.63, 3.8) is 0 Å². The SMILES string of the molecule is CC(C)Oc1nc(C(C)C)ccc1OC1CC1. The minimum absolute atomic E-state index is 0.117. The van der Waals surface area contributed by atoms with Crippen molar-refractivity contribution in [2.45, 2.75) is 58.7 Å². The summed E-state index contributed by atoms with van der Waals surface area (Å²) < 4.78 is 11.5. The fourth-order valence-corrected chi connectivity index (χ4v) is 1.53. The van der Waals surface area contributed by atoms with Gasteiger partial charge in [0.15, 0.2) is 5.75 Å². The molecule has 0 bridgehead atoms. The Hall–Kier alpha value is -1.25. The Labute approximate surface area is 103 Å². The molecular formula is C14H21NO2. The highest BCUT2D eigenvalue weighted by Gasteiger charge is 2.25. The lowest BCUT2D eigenvalue weighted by Gasteiger charge is -2.15. The fourth-order valence-electron chi connectivity index (χ4n) is 1.53. The minimum Gasteiger partial charge on any atom is -0.485 e. The van der Waals surface area contributed by atoms with Crippen molar-refractivity contribution in [2.75, 3.05) is 0 Å². The highest BCUT2D eigenvalue weighted by molar-refractivity contribution is 5.36. The summed E-state index contributed by atoms with van der Waals surface area (Å²) in [6.07, 6.45) is 2.78. The maximum atomic E-state index is 5.80. The molecule has 0 unspecified atom stereocenters. The van der Waals surface area contributed by atoms with Gasteiger partial charge in [0, 0.05) is 5.69 Å². The molecule has 1 aliphatic rings. The molecule has 1 heterocycles. The van der Waals surface area contributed by atoms with Crippen molar-refractivity contribution in [1.29, 1.82) is 0 Å². The first kappa shape index (κ1) is 12.2. The number of hydrogen-bond donors (Lipinski definition) is 0. The van der Waals surface area contributed by atoms with Crippen LogP contribution in [-0.4, -0.2) is 17.2 Å². The third-order valence-electron chi connectivity index (χ3n) is 2.60. The third kappa shape index (κ3) is 3.35. The fraction of sp³-hybridized carbons (Fsp3) is 0.643. The van der Waals surface area contributed by atoms with E-state index in [1.54, 1.807) is 0 Å². The van der Waals surface area contributed by atoms with Crippen molar-refractivity contribution in [1.82, 2.24) is 4.98 Å². The van der Waals surface area contributed by atoms with Gasteiger partial charge in [-0.25, -0.2) is 4.98 Å². The lowest BCUT2D eigenvalue weighted by molar-refractivity contribution is 0.207. The molecule has 94 valence electrons. The van der Waals surface area contributed by atoms with E-state index in [0.717, 1.165) is 24.3 Å². The molecule has 17 heavy (non-hydrogen) atoms. The van der Waals surface area contributed by atoms with Gasteiger partial charge >= 0.3 is 0 Å². The van der Waals surface area contributed by atoms with Gasteiger partial charge in [0.1, 0.15) is 0 Å². The second-order valence-electron chi connectivity index (χ2n) is 5.18. The summed E-state index contributed by atoms with van der Waals surface area (Å²) in [5, 5.41) is 0. The van der Waals surface area contributed by atoms with Crippen LogP contribution < -0.4 is 9.47 Å². The van der Waals surface area contributed by atoms with Gasteiger partial charge in [-0.05, 0) is 44.7 Å². The van der Waals surface area contributed by atoms with Gasteiger partial charge in [-0.1, -0.05) is 13.8 Å². The van der Waals surface area contributed by atoms with E-state index in [2.05, 4.69) is 18.8 Å². The van der Waals surface area contributed by atoms with Crippen LogP contribution in [0.5, 0.6) is 11.6 Å². The van der Waals surface area contributed by atoms with Crippen LogP contribution in [0.1, 0.15) is 52.1 Å². The molecule has 0 amide bonds. The van der Waals surface area contributed by atoms with Gasteiger partial charge in [0.05, 0.1) is 12.2 Å². The van der Waals surface area contributed by atoms with Gasteiger partial charge < -0.3 is 9.47 Å². The summed E-state index contributed by atoms with van der Waals surface area (Å²) in [6, 6.07) is 4.01. The second-order valence-corrected chi connectivity index (χ2v) is 5.18. The summed E-state index contributed by atoms with van der Waals surface area (Å²) in [5.41, 5.74) is 1.05. The standard InChI is InChI=1S/C14H21NO2/c1-9(2)12-7-8-13(17-11-5-6-11)14(15-12)16-10(3)4/h7-11H,5-6H2,1-4H3. The molecule has 1 aliphatic carbocycles. The second kappa shape index (κ2) is 4.94. The molecule has 1 saturated carbocycles. The molecule has 0 aliphatic heterocycles. The molecule has 0 aromatic carbocycles. The van der Waals surface area contributed by atoms with E-state index in [-0.39, 0.29) is 6.10 Å². The summed E-state index contributed by atoms with van der Waals surface area (Å²) >= 11 is 0. The number of rotatable bonds is 5. The zero-order valence-corrected chi connectivity index (χ0v) is 11.1. The first-order valence-corrected chi connectivity index (χ1v) is 6.40. The Morgan fingerprint density at radius 3 is 2.41 bits per heavy atom. The van der Waals surface area contributed by atoms with E-state index in [1.165, 1.54) is 0 Å². The van der Waals surface area contributed by atoms with E-state index < -0.39 is 0 Å². The molecule has 0 atom stereocenters. The monoisotopic (exact) mass is 235 g/mol. The molecule has 2 rings (SSSR count). The van der Waals surface area contributed by atoms with Gasteiger partial charge in [-0.15, -0.1) is 0 Å². The predicted octanol–water partition coefficient (Wildman–Crippen LogP) is 3.53. The van der Waals surface area contributed by atoms with Gasteiger partial charge in [0.2, 0.25) is 0 Å². The molecule has 0 saturated heterocycles. The maximum absolute atomic E-state index is 5.80. The van der Waals surface area contributed by atoms with Crippen molar-refractivity contribution in [2.24, 2.45) is 0 Å². The third-order valence-corrected chi connectivity index (χ3v) is 2.60. The zero-order chi connectivity index (χ0) is 12.4. The number of ether oxygens (including phenoxy) is 2. The van der Waals surface area contributed by atoms with Crippen LogP contribution in [-0.2, 0) is 0 Å². The minimum atomic E-state index is 0.117. The lowest BCUT2D eigenvalue weighted by Crippen LogP contribution is -2.10. The number of nitrogens with zero attached hydrogens (tertiary/aromatic N) is 1. The Morgan fingerprint density at radius 1 is 1.18 bits per heavy atom. The van der Waals surface area contributed by atoms with E-state index in [9.17, 15) is 0 Å². The molecule has 1 aromatic rings. The summed E-state index contributed by atoms with van der Waals surface area (Å²) in [4.78, 5) is 4.55. The van der Waals surface area contributed by atoms with E-state index >= 15 is 0 Å². The van der Waals surface area contributed by atoms with Crippen LogP contribution in [0.2, 0.25) is 0 Å². The smallest absolute Gasteiger partial charge is 0.257 e. The average molecular weight is 235 g/mol. The Bertz CT molecular complexity index is 384. The van der Waals surface area contributed by atoms with Gasteiger partial charge in [-0.3, -0.25) is 0 Å². The van der Waals surface area contributed by atoms with E-state index in [4.69, 9.17) is 9.47 Å². The Morgan fingerprint density at radius 2 is 1.88 bits per heavy atom. The van der Waals surface area contributed by atoms with Crippen molar-refractivity contribution < 1.29 is 9.47 Å². The van der Waals surface area contributed by atoms with Gasteiger partial charge in [0.25, 0.3) is 5.88 Å². The van der Waals surface area contributed by atoms with Crippen molar-refractivity contribution >= 4 is 0 Å². The summed E-state index contributed by atoms with van der Waals surface area (Å²) in [7, 11) is 0. The van der Waals surface area contributed by atoms with Crippen LogP contribution in [0.25, 0.3) is 0 Å². The predicted molar refractivity (Wildman–Crippen MR) is 67.7 cm³/mol. The molecule has 0 radical (unpaired) electrons. The molecule has 0 N–H and O–H groups in total. The van der Waals surface area contributed by atoms with Crippen molar-refractivity contribution in [3.05, 3.63) is 17.8 Å². The van der Waals surface area contributed by atoms with Crippen molar-refractivity contribution in [3.8, 4) is 11.6 Å². The summed E-state index contributed by atoms with van der Waals surface area (Å²) in [5.74, 6) is 1.82. The first-order valence-electron chi connectivity index (χ1n) is 6.40. The Kier molecular flexibility index (Phi) is 3.55. The number of aromatic nitrogens is 1. The molecule has 1 fully saturated rings. The average Bonchev–Trinajstić information content (AvgIpc) is 3.03. The number of hydrogen-bond acceptors (Lipinski definition) is 3. The zero-order valence-electron chi connectivity index (χ0n) is 11.1. The molecule has 0 spiro atoms. The number of pyridine rings is 1. The van der Waals surface area contributed by atoms with E-state index in [1.807, 2.05) is 26.0 Å². The normalized spacial score (nSPS) is 15.4. The van der Waals surface area contributed by atoms with Crippen LogP contribution in [0, 0.1) is 0 Å². The van der Waals surface area contributed by atoms with Crippen LogP contribution in [0.4, 0.5) is 0 Å². The molecule has 3 heteroatoms. The molecular weight excluding hydrogens is 214 g/mol. The van der Waals surface area contributed by atoms with E-state index in [0.29, 0.717) is 17.9 Å². The van der Waals surface area contributed by atoms with Crippen LogP contribution in [0.15, 0.2) is 12.1 Å². The quantitative estimate of drug-likeness (QED) is 0.782. The highest BCUT2D eigenvalue weighted by atomic mass is 16.5. The maximum Gasteiger partial charge on any atom is 0.257 e. The first-order chi connectivity index (χ1) is 8.06. The topological polar surface area (TPSA) is 31.4 Å². The van der Waals surface area contributed by atoms with Crippen LogP contribution in [0.3, 0.4) is 0 Å². The molecule has 3 nitrogen and oxygen atoms in total. The lowest BCUT2D eigenvalue weighted by atomic mass is 10.1. The largest absolute Gasteiger partial charge is 0.485 e. The molecule has 1 aromatic heterocycles. The highest BCUT2D eigenvalue weighted by Crippen LogP contribution is 2.33. The Balaban J connectivity index is 2.22. The van der Waals surface area contributed by atoms with Crippen LogP contribution >= 0.6 is 0 Å². The van der Waals surface area contributed by atoms with Gasteiger partial charge in [-0.2, -0.15) is 0 Å².